The summed E-state index contributed by atoms with van der Waals surface area (Å²) in [6.45, 7) is 1.43. The minimum absolute atomic E-state index is 0.161. The Hall–Kier alpha value is -3.33. The number of carbonyl (C=O) groups excluding carboxylic acids is 1. The molecule has 1 aliphatic rings. The van der Waals surface area contributed by atoms with Gasteiger partial charge < -0.3 is 24.4 Å². The molecule has 9 nitrogen and oxygen atoms in total. The van der Waals surface area contributed by atoms with Crippen molar-refractivity contribution in [3.63, 3.8) is 0 Å². The first-order chi connectivity index (χ1) is 14.0. The molecule has 9 heteroatoms. The Morgan fingerprint density at radius 1 is 1.31 bits per heavy atom. The third-order valence-corrected chi connectivity index (χ3v) is 4.45. The standard InChI is InChI=1S/C20H23N3O6/c1-22(12-15-13-28-18-5-3-4-6-19(18)29-15)20(24)14-7-8-16(21-9-10-27-2)17(11-14)23(25)26/h3-8,11,15,21H,9-10,12-13H2,1-2H3. The Bertz CT molecular complexity index is 888. The van der Waals surface area contributed by atoms with E-state index < -0.39 is 4.92 Å². The summed E-state index contributed by atoms with van der Waals surface area (Å²) in [7, 11) is 3.18. The number of ether oxygens (including phenoxy) is 3. The summed E-state index contributed by atoms with van der Waals surface area (Å²) < 4.78 is 16.5. The predicted molar refractivity (Wildman–Crippen MR) is 107 cm³/mol. The summed E-state index contributed by atoms with van der Waals surface area (Å²) in [4.78, 5) is 25.1. The summed E-state index contributed by atoms with van der Waals surface area (Å²) in [5.41, 5.74) is 0.409. The lowest BCUT2D eigenvalue weighted by atomic mass is 10.1. The van der Waals surface area contributed by atoms with Gasteiger partial charge in [0.25, 0.3) is 11.6 Å². The van der Waals surface area contributed by atoms with Crippen molar-refractivity contribution in [2.24, 2.45) is 0 Å². The first kappa shape index (κ1) is 20.4. The normalized spacial score (nSPS) is 14.9. The van der Waals surface area contributed by atoms with Crippen LogP contribution in [-0.2, 0) is 4.74 Å². The average molecular weight is 401 g/mol. The predicted octanol–water partition coefficient (Wildman–Crippen LogP) is 2.57. The number of methoxy groups -OCH3 is 1. The Kier molecular flexibility index (Phi) is 6.50. The fourth-order valence-electron chi connectivity index (χ4n) is 3.01. The number of carbonyl (C=O) groups is 1. The molecule has 0 aliphatic carbocycles. The number of para-hydroxylation sites is 2. The number of fused-ring (bicyclic) bond motifs is 1. The first-order valence-electron chi connectivity index (χ1n) is 9.14. The van der Waals surface area contributed by atoms with Gasteiger partial charge in [0.15, 0.2) is 17.6 Å². The Morgan fingerprint density at radius 3 is 2.79 bits per heavy atom. The smallest absolute Gasteiger partial charge is 0.293 e. The summed E-state index contributed by atoms with van der Waals surface area (Å²) in [6, 6.07) is 11.7. The summed E-state index contributed by atoms with van der Waals surface area (Å²) >= 11 is 0. The van der Waals surface area contributed by atoms with Gasteiger partial charge in [-0.15, -0.1) is 0 Å². The van der Waals surface area contributed by atoms with Crippen LogP contribution in [0, 0.1) is 10.1 Å². The second-order valence-corrected chi connectivity index (χ2v) is 6.59. The van der Waals surface area contributed by atoms with Crippen molar-refractivity contribution in [1.29, 1.82) is 0 Å². The molecule has 0 aromatic heterocycles. The van der Waals surface area contributed by atoms with Gasteiger partial charge in [0.05, 0.1) is 18.1 Å². The number of nitrogens with one attached hydrogen (secondary N) is 1. The topological polar surface area (TPSA) is 103 Å². The molecule has 0 radical (unpaired) electrons. The lowest BCUT2D eigenvalue weighted by Crippen LogP contribution is -2.41. The van der Waals surface area contributed by atoms with Crippen LogP contribution in [0.1, 0.15) is 10.4 Å². The van der Waals surface area contributed by atoms with E-state index in [-0.39, 0.29) is 29.8 Å². The lowest BCUT2D eigenvalue weighted by molar-refractivity contribution is -0.384. The van der Waals surface area contributed by atoms with Gasteiger partial charge in [-0.25, -0.2) is 0 Å². The molecule has 0 spiro atoms. The van der Waals surface area contributed by atoms with Crippen LogP contribution in [-0.4, -0.2) is 62.3 Å². The largest absolute Gasteiger partial charge is 0.486 e. The molecule has 154 valence electrons. The van der Waals surface area contributed by atoms with Gasteiger partial charge in [-0.05, 0) is 24.3 Å². The maximum absolute atomic E-state index is 12.8. The van der Waals surface area contributed by atoms with Crippen molar-refractivity contribution in [3.05, 3.63) is 58.1 Å². The Labute approximate surface area is 168 Å². The van der Waals surface area contributed by atoms with E-state index in [0.29, 0.717) is 36.9 Å². The molecule has 0 bridgehead atoms. The van der Waals surface area contributed by atoms with E-state index in [1.165, 1.54) is 17.0 Å². The molecule has 1 atom stereocenters. The number of likely N-dealkylation sites (N-methyl/N-ethyl adjacent to an activating group) is 1. The molecule has 1 aliphatic heterocycles. The molecule has 2 aromatic carbocycles. The van der Waals surface area contributed by atoms with Crippen molar-refractivity contribution < 1.29 is 23.9 Å². The highest BCUT2D eigenvalue weighted by molar-refractivity contribution is 5.95. The highest BCUT2D eigenvalue weighted by Crippen LogP contribution is 2.31. The van der Waals surface area contributed by atoms with E-state index in [1.54, 1.807) is 20.2 Å². The van der Waals surface area contributed by atoms with Gasteiger partial charge in [-0.3, -0.25) is 14.9 Å². The SMILES string of the molecule is COCCNc1ccc(C(=O)N(C)CC2COc3ccccc3O2)cc1[N+](=O)[O-]. The van der Waals surface area contributed by atoms with Crippen LogP contribution >= 0.6 is 0 Å². The van der Waals surface area contributed by atoms with Crippen LogP contribution < -0.4 is 14.8 Å². The van der Waals surface area contributed by atoms with Crippen LogP contribution in [0.5, 0.6) is 11.5 Å². The van der Waals surface area contributed by atoms with Crippen molar-refractivity contribution in [2.75, 3.05) is 45.8 Å². The van der Waals surface area contributed by atoms with E-state index in [0.717, 1.165) is 0 Å². The van der Waals surface area contributed by atoms with Crippen molar-refractivity contribution >= 4 is 17.3 Å². The fourth-order valence-corrected chi connectivity index (χ4v) is 3.01. The number of hydrogen-bond donors (Lipinski definition) is 1. The quantitative estimate of drug-likeness (QED) is 0.412. The number of nitrogens with zero attached hydrogens (tertiary/aromatic N) is 2. The van der Waals surface area contributed by atoms with Gasteiger partial charge in [-0.2, -0.15) is 0 Å². The van der Waals surface area contributed by atoms with Crippen LogP contribution in [0.15, 0.2) is 42.5 Å². The zero-order valence-corrected chi connectivity index (χ0v) is 16.3. The van der Waals surface area contributed by atoms with E-state index in [9.17, 15) is 14.9 Å². The number of rotatable bonds is 8. The van der Waals surface area contributed by atoms with Gasteiger partial charge in [0, 0.05) is 32.3 Å². The molecular weight excluding hydrogens is 378 g/mol. The zero-order valence-electron chi connectivity index (χ0n) is 16.3. The lowest BCUT2D eigenvalue weighted by Gasteiger charge is -2.29. The van der Waals surface area contributed by atoms with Gasteiger partial charge in [-0.1, -0.05) is 12.1 Å². The van der Waals surface area contributed by atoms with E-state index in [1.807, 2.05) is 24.3 Å². The molecule has 3 rings (SSSR count). The summed E-state index contributed by atoms with van der Waals surface area (Å²) in [5.74, 6) is 0.968. The highest BCUT2D eigenvalue weighted by Gasteiger charge is 2.25. The molecule has 1 heterocycles. The monoisotopic (exact) mass is 401 g/mol. The third kappa shape index (κ3) is 4.94. The van der Waals surface area contributed by atoms with Gasteiger partial charge in [0.2, 0.25) is 0 Å². The second kappa shape index (κ2) is 9.24. The Morgan fingerprint density at radius 2 is 2.07 bits per heavy atom. The minimum Gasteiger partial charge on any atom is -0.486 e. The third-order valence-electron chi connectivity index (χ3n) is 4.45. The number of amides is 1. The molecule has 1 amide bonds. The molecular formula is C20H23N3O6. The van der Waals surface area contributed by atoms with Crippen molar-refractivity contribution in [2.45, 2.75) is 6.10 Å². The van der Waals surface area contributed by atoms with Crippen LogP contribution in [0.3, 0.4) is 0 Å². The number of benzene rings is 2. The van der Waals surface area contributed by atoms with Crippen LogP contribution in [0.25, 0.3) is 0 Å². The molecule has 0 saturated heterocycles. The van der Waals surface area contributed by atoms with E-state index in [4.69, 9.17) is 14.2 Å². The summed E-state index contributed by atoms with van der Waals surface area (Å²) in [5, 5.41) is 14.3. The maximum Gasteiger partial charge on any atom is 0.293 e. The second-order valence-electron chi connectivity index (χ2n) is 6.59. The molecule has 0 saturated carbocycles. The van der Waals surface area contributed by atoms with Gasteiger partial charge >= 0.3 is 0 Å². The first-order valence-corrected chi connectivity index (χ1v) is 9.14. The average Bonchev–Trinajstić information content (AvgIpc) is 2.73. The van der Waals surface area contributed by atoms with E-state index in [2.05, 4.69) is 5.32 Å². The number of hydrogen-bond acceptors (Lipinski definition) is 7. The Balaban J connectivity index is 1.67. The molecule has 1 unspecified atom stereocenters. The highest BCUT2D eigenvalue weighted by atomic mass is 16.6. The van der Waals surface area contributed by atoms with Crippen LogP contribution in [0.4, 0.5) is 11.4 Å². The summed E-state index contributed by atoms with van der Waals surface area (Å²) in [6.07, 6.45) is -0.330. The molecule has 0 fully saturated rings. The molecule has 1 N–H and O–H groups in total. The maximum atomic E-state index is 12.8. The zero-order chi connectivity index (χ0) is 20.8. The fraction of sp³-hybridized carbons (Fsp3) is 0.350. The van der Waals surface area contributed by atoms with Crippen LogP contribution in [0.2, 0.25) is 0 Å². The number of nitro groups is 1. The van der Waals surface area contributed by atoms with Crippen molar-refractivity contribution in [1.82, 2.24) is 4.90 Å². The van der Waals surface area contributed by atoms with Crippen molar-refractivity contribution in [3.8, 4) is 11.5 Å². The number of anilines is 1. The van der Waals surface area contributed by atoms with Gasteiger partial charge in [0.1, 0.15) is 12.3 Å². The van der Waals surface area contributed by atoms with E-state index >= 15 is 0 Å². The molecule has 2 aromatic rings. The minimum atomic E-state index is -0.513. The molecule has 29 heavy (non-hydrogen) atoms. The number of nitro benzene ring substituents is 1.